The van der Waals surface area contributed by atoms with Gasteiger partial charge in [-0.3, -0.25) is 9.59 Å². The number of ketones is 1. The van der Waals surface area contributed by atoms with E-state index in [2.05, 4.69) is 20.8 Å². The van der Waals surface area contributed by atoms with Crippen molar-refractivity contribution in [2.75, 3.05) is 5.32 Å². The van der Waals surface area contributed by atoms with E-state index in [1.165, 1.54) is 16.4 Å². The molecule has 2 aromatic rings. The Balaban J connectivity index is 2.03. The number of nitrogens with zero attached hydrogens (tertiary/aromatic N) is 4. The number of hydrogen-bond donors (Lipinski definition) is 1. The summed E-state index contributed by atoms with van der Waals surface area (Å²) in [6, 6.07) is 6.90. The van der Waals surface area contributed by atoms with Crippen LogP contribution in [0.4, 0.5) is 5.69 Å². The second kappa shape index (κ2) is 7.12. The molecule has 128 valence electrons. The Morgan fingerprint density at radius 2 is 1.83 bits per heavy atom. The Kier molecular flexibility index (Phi) is 5.38. The number of benzene rings is 1. The number of rotatable bonds is 5. The van der Waals surface area contributed by atoms with E-state index in [0.717, 1.165) is 0 Å². The van der Waals surface area contributed by atoms with Crippen LogP contribution in [0.2, 0.25) is 0 Å². The van der Waals surface area contributed by atoms with Gasteiger partial charge < -0.3 is 5.32 Å². The van der Waals surface area contributed by atoms with Gasteiger partial charge in [0.2, 0.25) is 11.1 Å². The summed E-state index contributed by atoms with van der Waals surface area (Å²) in [5.41, 5.74) is 0.784. The van der Waals surface area contributed by atoms with Crippen LogP contribution in [-0.4, -0.2) is 37.1 Å². The number of nitrogens with one attached hydrogen (secondary N) is 1. The molecule has 1 N–H and O–H groups in total. The van der Waals surface area contributed by atoms with Gasteiger partial charge in [0, 0.05) is 23.7 Å². The van der Waals surface area contributed by atoms with E-state index in [-0.39, 0.29) is 16.9 Å². The number of aromatic nitrogens is 4. The fourth-order valence-electron chi connectivity index (χ4n) is 1.80. The zero-order chi connectivity index (χ0) is 17.9. The lowest BCUT2D eigenvalue weighted by molar-refractivity contribution is -0.123. The maximum atomic E-state index is 12.5. The first-order chi connectivity index (χ1) is 11.2. The van der Waals surface area contributed by atoms with Crippen LogP contribution >= 0.6 is 11.8 Å². The van der Waals surface area contributed by atoms with Crippen LogP contribution in [0.25, 0.3) is 0 Å². The Labute approximate surface area is 145 Å². The Hall–Kier alpha value is -2.22. The molecule has 1 heterocycles. The molecular formula is C16H21N5O2S. The molecule has 0 aliphatic heterocycles. The summed E-state index contributed by atoms with van der Waals surface area (Å²) in [6.45, 7) is 7.36. The summed E-state index contributed by atoms with van der Waals surface area (Å²) in [6.07, 6.45) is 0. The van der Waals surface area contributed by atoms with Crippen molar-refractivity contribution < 1.29 is 9.59 Å². The smallest absolute Gasteiger partial charge is 0.229 e. The molecule has 0 saturated heterocycles. The van der Waals surface area contributed by atoms with E-state index < -0.39 is 5.41 Å². The van der Waals surface area contributed by atoms with Crippen molar-refractivity contribution in [3.8, 4) is 0 Å². The number of anilines is 1. The first-order valence-electron chi connectivity index (χ1n) is 7.53. The number of Topliss-reactive ketones (excluding diaryl/α,β-unsaturated/α-hetero) is 1. The van der Waals surface area contributed by atoms with Gasteiger partial charge in [0.25, 0.3) is 0 Å². The van der Waals surface area contributed by atoms with Gasteiger partial charge in [-0.15, -0.1) is 5.10 Å². The maximum Gasteiger partial charge on any atom is 0.229 e. The molecule has 0 unspecified atom stereocenters. The number of tetrazole rings is 1. The highest BCUT2D eigenvalue weighted by atomic mass is 32.2. The minimum Gasteiger partial charge on any atom is -0.326 e. The lowest BCUT2D eigenvalue weighted by atomic mass is 9.95. The highest BCUT2D eigenvalue weighted by Crippen LogP contribution is 2.24. The monoisotopic (exact) mass is 347 g/mol. The van der Waals surface area contributed by atoms with Gasteiger partial charge >= 0.3 is 0 Å². The molecule has 1 aromatic carbocycles. The molecule has 0 aliphatic rings. The average molecular weight is 347 g/mol. The molecule has 8 heteroatoms. The van der Waals surface area contributed by atoms with E-state index in [0.29, 0.717) is 16.4 Å². The predicted octanol–water partition coefficient (Wildman–Crippen LogP) is 2.56. The van der Waals surface area contributed by atoms with Crippen LogP contribution < -0.4 is 5.32 Å². The number of thioether (sulfide) groups is 1. The van der Waals surface area contributed by atoms with Crippen molar-refractivity contribution in [3.63, 3.8) is 0 Å². The topological polar surface area (TPSA) is 89.8 Å². The number of aryl methyl sites for hydroxylation is 1. The molecule has 0 aliphatic carbocycles. The summed E-state index contributed by atoms with van der Waals surface area (Å²) in [7, 11) is 1.73. The van der Waals surface area contributed by atoms with Crippen molar-refractivity contribution in [1.29, 1.82) is 0 Å². The fraction of sp³-hybridized carbons (Fsp3) is 0.438. The molecule has 7 nitrogen and oxygen atoms in total. The second-order valence-corrected chi connectivity index (χ2v) is 7.80. The quantitative estimate of drug-likeness (QED) is 0.660. The van der Waals surface area contributed by atoms with Crippen molar-refractivity contribution in [3.05, 3.63) is 29.8 Å². The second-order valence-electron chi connectivity index (χ2n) is 6.49. The number of amides is 1. The summed E-state index contributed by atoms with van der Waals surface area (Å²) in [5.74, 6) is -0.0861. The molecular weight excluding hydrogens is 326 g/mol. The normalized spacial score (nSPS) is 12.7. The van der Waals surface area contributed by atoms with E-state index in [9.17, 15) is 9.59 Å². The molecule has 0 bridgehead atoms. The van der Waals surface area contributed by atoms with Crippen LogP contribution in [0.3, 0.4) is 0 Å². The van der Waals surface area contributed by atoms with Crippen LogP contribution in [0.1, 0.15) is 38.1 Å². The SMILES string of the molecule is C[C@H](Sc1nnnn1C)C(=O)c1ccc(NC(=O)C(C)(C)C)cc1. The van der Waals surface area contributed by atoms with Gasteiger partial charge in [-0.1, -0.05) is 32.5 Å². The highest BCUT2D eigenvalue weighted by molar-refractivity contribution is 8.00. The fourth-order valence-corrected chi connectivity index (χ4v) is 2.64. The third kappa shape index (κ3) is 4.41. The van der Waals surface area contributed by atoms with E-state index in [4.69, 9.17) is 0 Å². The molecule has 0 radical (unpaired) electrons. The summed E-state index contributed by atoms with van der Waals surface area (Å²) in [4.78, 5) is 24.5. The van der Waals surface area contributed by atoms with Crippen molar-refractivity contribution in [2.24, 2.45) is 12.5 Å². The Morgan fingerprint density at radius 1 is 1.21 bits per heavy atom. The third-order valence-electron chi connectivity index (χ3n) is 3.34. The van der Waals surface area contributed by atoms with Crippen LogP contribution in [0.15, 0.2) is 29.4 Å². The van der Waals surface area contributed by atoms with E-state index in [1.807, 2.05) is 27.7 Å². The van der Waals surface area contributed by atoms with E-state index in [1.54, 1.807) is 31.3 Å². The third-order valence-corrected chi connectivity index (χ3v) is 4.47. The Bertz CT molecular complexity index is 734. The lowest BCUT2D eigenvalue weighted by Crippen LogP contribution is -2.27. The molecule has 0 saturated carbocycles. The predicted molar refractivity (Wildman–Crippen MR) is 93.0 cm³/mol. The minimum atomic E-state index is -0.468. The maximum absolute atomic E-state index is 12.5. The van der Waals surface area contributed by atoms with Gasteiger partial charge in [-0.05, 0) is 41.6 Å². The van der Waals surface area contributed by atoms with Gasteiger partial charge in [-0.25, -0.2) is 4.68 Å². The number of hydrogen-bond acceptors (Lipinski definition) is 6. The minimum absolute atomic E-state index is 0.0169. The van der Waals surface area contributed by atoms with Gasteiger partial charge in [-0.2, -0.15) is 0 Å². The molecule has 0 spiro atoms. The molecule has 2 rings (SSSR count). The van der Waals surface area contributed by atoms with Crippen molar-refractivity contribution in [2.45, 2.75) is 38.1 Å². The number of carbonyl (C=O) groups excluding carboxylic acids is 2. The molecule has 1 aromatic heterocycles. The first-order valence-corrected chi connectivity index (χ1v) is 8.41. The standard InChI is InChI=1S/C16H21N5O2S/c1-10(24-15-18-19-20-21(15)5)13(22)11-6-8-12(9-7-11)17-14(23)16(2,3)4/h6-10H,1-5H3,(H,17,23)/t10-/m0/s1. The summed E-state index contributed by atoms with van der Waals surface area (Å²) >= 11 is 1.31. The van der Waals surface area contributed by atoms with Crippen LogP contribution in [0, 0.1) is 5.41 Å². The van der Waals surface area contributed by atoms with Gasteiger partial charge in [0.1, 0.15) is 0 Å². The summed E-state index contributed by atoms with van der Waals surface area (Å²) < 4.78 is 1.53. The van der Waals surface area contributed by atoms with Crippen molar-refractivity contribution in [1.82, 2.24) is 20.2 Å². The van der Waals surface area contributed by atoms with Crippen LogP contribution in [-0.2, 0) is 11.8 Å². The van der Waals surface area contributed by atoms with E-state index >= 15 is 0 Å². The zero-order valence-corrected chi connectivity index (χ0v) is 15.2. The first kappa shape index (κ1) is 18.1. The molecule has 1 atom stereocenters. The number of carbonyl (C=O) groups is 2. The largest absolute Gasteiger partial charge is 0.326 e. The van der Waals surface area contributed by atoms with Gasteiger partial charge in [0.05, 0.1) is 5.25 Å². The highest BCUT2D eigenvalue weighted by Gasteiger charge is 2.22. The molecule has 24 heavy (non-hydrogen) atoms. The van der Waals surface area contributed by atoms with Crippen molar-refractivity contribution >= 4 is 29.1 Å². The lowest BCUT2D eigenvalue weighted by Gasteiger charge is -2.17. The Morgan fingerprint density at radius 3 is 2.33 bits per heavy atom. The molecule has 1 amide bonds. The summed E-state index contributed by atoms with van der Waals surface area (Å²) in [5, 5.41) is 14.3. The van der Waals surface area contributed by atoms with Gasteiger partial charge in [0.15, 0.2) is 5.78 Å². The average Bonchev–Trinajstić information content (AvgIpc) is 2.91. The van der Waals surface area contributed by atoms with Crippen LogP contribution in [0.5, 0.6) is 0 Å². The zero-order valence-electron chi connectivity index (χ0n) is 14.4. The molecule has 0 fully saturated rings.